The summed E-state index contributed by atoms with van der Waals surface area (Å²) in [6.45, 7) is 6.28. The Morgan fingerprint density at radius 2 is 2.54 bits per heavy atom. The zero-order valence-corrected chi connectivity index (χ0v) is 7.73. The van der Waals surface area contributed by atoms with Crippen LogP contribution in [0, 0.1) is 0 Å². The van der Waals surface area contributed by atoms with Crippen molar-refractivity contribution in [3.8, 4) is 0 Å². The molecule has 0 aliphatic heterocycles. The zero-order valence-electron chi connectivity index (χ0n) is 7.73. The second-order valence-electron chi connectivity index (χ2n) is 2.76. The molecular weight excluding hydrogens is 166 g/mol. The van der Waals surface area contributed by atoms with Crippen LogP contribution in [0.2, 0.25) is 0 Å². The average molecular weight is 179 g/mol. The third kappa shape index (κ3) is 2.24. The maximum atomic E-state index is 11.4. The number of hydrogen-bond acceptors (Lipinski definition) is 3. The quantitative estimate of drug-likeness (QED) is 0.507. The molecule has 0 fully saturated rings. The molecule has 0 aliphatic carbocycles. The van der Waals surface area contributed by atoms with Gasteiger partial charge in [-0.1, -0.05) is 18.2 Å². The van der Waals surface area contributed by atoms with E-state index in [1.165, 1.54) is 6.20 Å². The minimum atomic E-state index is 0.0217. The largest absolute Gasteiger partial charge is 0.292 e. The molecular formula is C9H13N3O. The molecule has 0 bridgehead atoms. The highest BCUT2D eigenvalue weighted by atomic mass is 16.1. The van der Waals surface area contributed by atoms with E-state index in [1.54, 1.807) is 10.8 Å². The fourth-order valence-corrected chi connectivity index (χ4v) is 1.09. The van der Waals surface area contributed by atoms with E-state index in [2.05, 4.69) is 16.9 Å². The molecule has 1 aromatic heterocycles. The number of aromatic nitrogens is 3. The van der Waals surface area contributed by atoms with Crippen molar-refractivity contribution in [2.45, 2.75) is 26.3 Å². The molecule has 0 aromatic carbocycles. The lowest BCUT2D eigenvalue weighted by Gasteiger charge is -2.00. The molecule has 1 aromatic rings. The van der Waals surface area contributed by atoms with E-state index in [0.29, 0.717) is 12.1 Å². The van der Waals surface area contributed by atoms with Gasteiger partial charge < -0.3 is 0 Å². The lowest BCUT2D eigenvalue weighted by molar-refractivity contribution is 0.0985. The van der Waals surface area contributed by atoms with Crippen LogP contribution >= 0.6 is 0 Å². The zero-order chi connectivity index (χ0) is 9.68. The van der Waals surface area contributed by atoms with Crippen molar-refractivity contribution in [3.05, 3.63) is 24.5 Å². The Morgan fingerprint density at radius 1 is 1.77 bits per heavy atom. The Balaban J connectivity index is 2.80. The number of hydrogen-bond donors (Lipinski definition) is 0. The van der Waals surface area contributed by atoms with Gasteiger partial charge in [0.15, 0.2) is 5.78 Å². The number of allylic oxidation sites excluding steroid dienone is 1. The first kappa shape index (κ1) is 9.64. The van der Waals surface area contributed by atoms with Crippen LogP contribution < -0.4 is 0 Å². The first-order chi connectivity index (χ1) is 6.29. The van der Waals surface area contributed by atoms with Crippen molar-refractivity contribution in [2.24, 2.45) is 0 Å². The molecule has 0 unspecified atom stereocenters. The lowest BCUT2D eigenvalue weighted by atomic mass is 10.2. The van der Waals surface area contributed by atoms with Crippen LogP contribution in [0.3, 0.4) is 0 Å². The highest BCUT2D eigenvalue weighted by Gasteiger charge is 2.10. The molecule has 0 saturated heterocycles. The molecule has 0 atom stereocenters. The Morgan fingerprint density at radius 3 is 3.15 bits per heavy atom. The predicted molar refractivity (Wildman–Crippen MR) is 49.5 cm³/mol. The Hall–Kier alpha value is -1.45. The number of carbonyl (C=O) groups is 1. The van der Waals surface area contributed by atoms with Crippen LogP contribution in [0.25, 0.3) is 0 Å². The molecule has 0 amide bonds. The molecule has 0 aliphatic rings. The molecule has 0 radical (unpaired) electrons. The van der Waals surface area contributed by atoms with Gasteiger partial charge in [-0.15, -0.1) is 11.7 Å². The van der Waals surface area contributed by atoms with Gasteiger partial charge in [0.05, 0.1) is 6.20 Å². The third-order valence-electron chi connectivity index (χ3n) is 1.67. The fraction of sp³-hybridized carbons (Fsp3) is 0.444. The van der Waals surface area contributed by atoms with Gasteiger partial charge in [-0.25, -0.2) is 4.68 Å². The van der Waals surface area contributed by atoms with Crippen LogP contribution in [0.4, 0.5) is 0 Å². The van der Waals surface area contributed by atoms with Crippen molar-refractivity contribution < 1.29 is 4.79 Å². The van der Waals surface area contributed by atoms with Crippen LogP contribution in [-0.2, 0) is 6.54 Å². The fourth-order valence-electron chi connectivity index (χ4n) is 1.09. The molecule has 4 heteroatoms. The number of Topliss-reactive ketones (excluding diaryl/α,β-unsaturated/α-hetero) is 1. The van der Waals surface area contributed by atoms with Crippen molar-refractivity contribution in [2.75, 3.05) is 0 Å². The summed E-state index contributed by atoms with van der Waals surface area (Å²) in [6.07, 6.45) is 4.38. The van der Waals surface area contributed by atoms with Crippen molar-refractivity contribution in [3.63, 3.8) is 0 Å². The van der Waals surface area contributed by atoms with E-state index >= 15 is 0 Å². The van der Waals surface area contributed by atoms with Crippen LogP contribution in [0.1, 0.15) is 30.3 Å². The number of ketones is 1. The van der Waals surface area contributed by atoms with Crippen molar-refractivity contribution in [1.29, 1.82) is 0 Å². The summed E-state index contributed by atoms with van der Waals surface area (Å²) in [5.41, 5.74) is 0.571. The van der Waals surface area contributed by atoms with Gasteiger partial charge in [0.2, 0.25) is 0 Å². The Kier molecular flexibility index (Phi) is 3.37. The molecule has 0 N–H and O–H groups in total. The van der Waals surface area contributed by atoms with Gasteiger partial charge in [0, 0.05) is 13.0 Å². The maximum absolute atomic E-state index is 11.4. The summed E-state index contributed by atoms with van der Waals surface area (Å²) in [7, 11) is 0. The molecule has 4 nitrogen and oxygen atoms in total. The minimum absolute atomic E-state index is 0.0217. The summed E-state index contributed by atoms with van der Waals surface area (Å²) >= 11 is 0. The summed E-state index contributed by atoms with van der Waals surface area (Å²) in [6, 6.07) is 0. The molecule has 0 spiro atoms. The van der Waals surface area contributed by atoms with Crippen LogP contribution in [-0.4, -0.2) is 20.8 Å². The second-order valence-corrected chi connectivity index (χ2v) is 2.76. The van der Waals surface area contributed by atoms with Gasteiger partial charge in [0.1, 0.15) is 5.69 Å². The van der Waals surface area contributed by atoms with Gasteiger partial charge in [-0.3, -0.25) is 4.79 Å². The van der Waals surface area contributed by atoms with E-state index in [4.69, 9.17) is 0 Å². The van der Waals surface area contributed by atoms with E-state index in [1.807, 2.05) is 6.92 Å². The summed E-state index contributed by atoms with van der Waals surface area (Å²) in [4.78, 5) is 11.4. The smallest absolute Gasteiger partial charge is 0.186 e. The number of nitrogens with zero attached hydrogens (tertiary/aromatic N) is 3. The van der Waals surface area contributed by atoms with Gasteiger partial charge in [-0.05, 0) is 6.42 Å². The second kappa shape index (κ2) is 4.54. The monoisotopic (exact) mass is 179 g/mol. The minimum Gasteiger partial charge on any atom is -0.292 e. The highest BCUT2D eigenvalue weighted by molar-refractivity contribution is 5.95. The van der Waals surface area contributed by atoms with E-state index in [0.717, 1.165) is 13.0 Å². The van der Waals surface area contributed by atoms with Crippen molar-refractivity contribution >= 4 is 5.78 Å². The molecule has 70 valence electrons. The van der Waals surface area contributed by atoms with E-state index in [9.17, 15) is 4.79 Å². The normalized spacial score (nSPS) is 9.92. The van der Waals surface area contributed by atoms with E-state index in [-0.39, 0.29) is 5.78 Å². The first-order valence-electron chi connectivity index (χ1n) is 4.32. The van der Waals surface area contributed by atoms with Crippen molar-refractivity contribution in [1.82, 2.24) is 15.0 Å². The molecule has 13 heavy (non-hydrogen) atoms. The third-order valence-corrected chi connectivity index (χ3v) is 1.67. The summed E-state index contributed by atoms with van der Waals surface area (Å²) < 4.78 is 1.63. The van der Waals surface area contributed by atoms with Gasteiger partial charge in [0.25, 0.3) is 0 Å². The Bertz CT molecular complexity index is 304. The van der Waals surface area contributed by atoms with E-state index < -0.39 is 0 Å². The van der Waals surface area contributed by atoms with Gasteiger partial charge >= 0.3 is 0 Å². The van der Waals surface area contributed by atoms with Crippen LogP contribution in [0.15, 0.2) is 18.9 Å². The maximum Gasteiger partial charge on any atom is 0.186 e. The molecule has 1 rings (SSSR count). The lowest BCUT2D eigenvalue weighted by Crippen LogP contribution is -2.09. The SMILES string of the molecule is C=CCC(=O)c1cnnn1CCC. The predicted octanol–water partition coefficient (Wildman–Crippen LogP) is 1.45. The standard InChI is InChI=1S/C9H13N3O/c1-3-5-9(13)8-7-10-11-12(8)6-4-2/h3,7H,1,4-6H2,2H3. The van der Waals surface area contributed by atoms with Gasteiger partial charge in [-0.2, -0.15) is 0 Å². The first-order valence-corrected chi connectivity index (χ1v) is 4.32. The number of rotatable bonds is 5. The summed E-state index contributed by atoms with van der Waals surface area (Å²) in [5, 5.41) is 7.52. The molecule has 1 heterocycles. The van der Waals surface area contributed by atoms with Crippen LogP contribution in [0.5, 0.6) is 0 Å². The topological polar surface area (TPSA) is 47.8 Å². The highest BCUT2D eigenvalue weighted by Crippen LogP contribution is 2.02. The molecule has 0 saturated carbocycles. The number of aryl methyl sites for hydroxylation is 1. The summed E-state index contributed by atoms with van der Waals surface area (Å²) in [5.74, 6) is 0.0217. The average Bonchev–Trinajstić information content (AvgIpc) is 2.54. The number of carbonyl (C=O) groups excluding carboxylic acids is 1. The Labute approximate surface area is 77.3 Å².